The topological polar surface area (TPSA) is 9.23 Å². The molecule has 0 spiro atoms. The number of hydrogen-bond donors (Lipinski definition) is 0. The molecule has 0 radical (unpaired) electrons. The lowest BCUT2D eigenvalue weighted by atomic mass is 10.5. The maximum absolute atomic E-state index is 5.33. The van der Waals surface area contributed by atoms with Crippen molar-refractivity contribution in [2.24, 2.45) is 0 Å². The lowest BCUT2D eigenvalue weighted by Gasteiger charge is -2.13. The second-order valence-electron chi connectivity index (χ2n) is 1.61. The molecule has 0 amide bonds. The smallest absolute Gasteiger partial charge is 0.388 e. The Morgan fingerprint density at radius 3 is 1.62 bits per heavy atom. The lowest BCUT2D eigenvalue weighted by Crippen LogP contribution is -2.18. The molecule has 0 atom stereocenters. The Balaban J connectivity index is 3.39. The third kappa shape index (κ3) is 7.62. The van der Waals surface area contributed by atoms with Crippen LogP contribution in [0.4, 0.5) is 0 Å². The highest BCUT2D eigenvalue weighted by Crippen LogP contribution is 2.29. The van der Waals surface area contributed by atoms with Crippen molar-refractivity contribution in [3.63, 3.8) is 0 Å². The van der Waals surface area contributed by atoms with E-state index in [1.807, 2.05) is 13.8 Å². The first kappa shape index (κ1) is 9.62. The highest BCUT2D eigenvalue weighted by Gasteiger charge is 2.25. The first-order valence-corrected chi connectivity index (χ1v) is 10.8. The zero-order valence-corrected chi connectivity index (χ0v) is 10.4. The van der Waals surface area contributed by atoms with Crippen LogP contribution in [0.15, 0.2) is 0 Å². The van der Waals surface area contributed by atoms with Crippen LogP contribution in [0.5, 0.6) is 0 Å². The first-order valence-electron chi connectivity index (χ1n) is 2.16. The molecule has 0 aromatic carbocycles. The molecule has 1 nitrogen and oxygen atoms in total. The summed E-state index contributed by atoms with van der Waals surface area (Å²) in [6.45, 7) is 3.98. The van der Waals surface area contributed by atoms with Gasteiger partial charge in [-0.2, -0.15) is 0 Å². The summed E-state index contributed by atoms with van der Waals surface area (Å²) in [5, 5.41) is 0. The highest BCUT2D eigenvalue weighted by atomic mass is 80.0. The van der Waals surface area contributed by atoms with E-state index < -0.39 is 4.18 Å². The minimum atomic E-state index is -1.78. The Bertz CT molecular complexity index is 69.4. The van der Waals surface area contributed by atoms with Crippen molar-refractivity contribution in [2.75, 3.05) is 0 Å². The van der Waals surface area contributed by atoms with Gasteiger partial charge < -0.3 is 4.43 Å². The van der Waals surface area contributed by atoms with Crippen molar-refractivity contribution < 1.29 is 4.43 Å². The number of halogens is 3. The summed E-state index contributed by atoms with van der Waals surface area (Å²) in [6.07, 6.45) is 0.264. The van der Waals surface area contributed by atoms with E-state index in [0.717, 1.165) is 0 Å². The molecule has 0 bridgehead atoms. The maximum atomic E-state index is 5.33. The van der Waals surface area contributed by atoms with Gasteiger partial charge in [-0.05, 0) is 13.8 Å². The molecular formula is C3H7Br3OSi. The van der Waals surface area contributed by atoms with E-state index in [1.54, 1.807) is 0 Å². The molecule has 0 saturated heterocycles. The zero-order valence-electron chi connectivity index (χ0n) is 4.62. The second kappa shape index (κ2) is 3.70. The maximum Gasteiger partial charge on any atom is 0.409 e. The first-order chi connectivity index (χ1) is 3.42. The van der Waals surface area contributed by atoms with E-state index in [-0.39, 0.29) is 6.10 Å². The van der Waals surface area contributed by atoms with Gasteiger partial charge in [-0.25, -0.2) is 0 Å². The van der Waals surface area contributed by atoms with E-state index in [4.69, 9.17) is 4.43 Å². The third-order valence-corrected chi connectivity index (χ3v) is 2.79. The van der Waals surface area contributed by atoms with Crippen LogP contribution >= 0.6 is 45.9 Å². The quantitative estimate of drug-likeness (QED) is 0.560. The van der Waals surface area contributed by atoms with Crippen LogP contribution in [-0.2, 0) is 4.43 Å². The number of hydrogen-bond acceptors (Lipinski definition) is 1. The molecule has 0 fully saturated rings. The Hall–Kier alpha value is 1.62. The van der Waals surface area contributed by atoms with E-state index in [9.17, 15) is 0 Å². The Kier molecular flexibility index (Phi) is 4.45. The summed E-state index contributed by atoms with van der Waals surface area (Å²) in [4.78, 5) is 0. The van der Waals surface area contributed by atoms with Crippen molar-refractivity contribution in [3.05, 3.63) is 0 Å². The van der Waals surface area contributed by atoms with Crippen LogP contribution in [0.25, 0.3) is 0 Å². The van der Waals surface area contributed by atoms with Gasteiger partial charge in [0.05, 0.1) is 0 Å². The van der Waals surface area contributed by atoms with Gasteiger partial charge in [0.1, 0.15) is 0 Å². The van der Waals surface area contributed by atoms with E-state index in [2.05, 4.69) is 45.9 Å². The van der Waals surface area contributed by atoms with Gasteiger partial charge in [0.25, 0.3) is 0 Å². The van der Waals surface area contributed by atoms with Gasteiger partial charge >= 0.3 is 4.18 Å². The van der Waals surface area contributed by atoms with Gasteiger partial charge in [-0.15, -0.1) is 0 Å². The molecular weight excluding hydrogens is 320 g/mol. The van der Waals surface area contributed by atoms with E-state index in [1.165, 1.54) is 0 Å². The molecule has 0 saturated carbocycles. The fraction of sp³-hybridized carbons (Fsp3) is 1.00. The zero-order chi connectivity index (χ0) is 6.78. The minimum absolute atomic E-state index is 0.264. The van der Waals surface area contributed by atoms with Gasteiger partial charge in [0, 0.05) is 6.10 Å². The molecule has 0 N–H and O–H groups in total. The average molecular weight is 327 g/mol. The Labute approximate surface area is 74.0 Å². The van der Waals surface area contributed by atoms with Crippen LogP contribution in [0, 0.1) is 0 Å². The fourth-order valence-electron chi connectivity index (χ4n) is 0.267. The molecule has 0 aliphatic heterocycles. The highest BCUT2D eigenvalue weighted by molar-refractivity contribution is 9.71. The van der Waals surface area contributed by atoms with Crippen molar-refractivity contribution in [1.82, 2.24) is 0 Å². The standard InChI is InChI=1S/C3H7Br3OSi/c1-3(2)7-8(4,5)6/h3H,1-2H3. The molecule has 8 heavy (non-hydrogen) atoms. The van der Waals surface area contributed by atoms with Crippen LogP contribution in [0.2, 0.25) is 0 Å². The SMILES string of the molecule is CC(C)O[Si](Br)(Br)Br. The lowest BCUT2D eigenvalue weighted by molar-refractivity contribution is 0.259. The summed E-state index contributed by atoms with van der Waals surface area (Å²) in [7, 11) is 0. The molecule has 50 valence electrons. The summed E-state index contributed by atoms with van der Waals surface area (Å²) in [5.41, 5.74) is 0. The van der Waals surface area contributed by atoms with Crippen LogP contribution in [0.3, 0.4) is 0 Å². The summed E-state index contributed by atoms with van der Waals surface area (Å²) >= 11 is 9.99. The molecule has 0 unspecified atom stereocenters. The van der Waals surface area contributed by atoms with Crippen LogP contribution < -0.4 is 0 Å². The minimum Gasteiger partial charge on any atom is -0.388 e. The van der Waals surface area contributed by atoms with Gasteiger partial charge in [-0.3, -0.25) is 0 Å². The van der Waals surface area contributed by atoms with Gasteiger partial charge in [0.2, 0.25) is 0 Å². The van der Waals surface area contributed by atoms with Crippen LogP contribution in [0.1, 0.15) is 13.8 Å². The molecule has 0 aromatic heterocycles. The molecule has 0 aliphatic carbocycles. The average Bonchev–Trinajstić information content (AvgIpc) is 1.21. The van der Waals surface area contributed by atoms with Crippen molar-refractivity contribution in [2.45, 2.75) is 20.0 Å². The predicted octanol–water partition coefficient (Wildman–Crippen LogP) is 3.03. The third-order valence-electron chi connectivity index (χ3n) is 0.369. The molecule has 5 heteroatoms. The Morgan fingerprint density at radius 1 is 1.25 bits per heavy atom. The summed E-state index contributed by atoms with van der Waals surface area (Å²) < 4.78 is 3.54. The van der Waals surface area contributed by atoms with E-state index in [0.29, 0.717) is 0 Å². The fourth-order valence-corrected chi connectivity index (χ4v) is 4.17. The normalized spacial score (nSPS) is 12.8. The van der Waals surface area contributed by atoms with Crippen LogP contribution in [-0.4, -0.2) is 10.3 Å². The van der Waals surface area contributed by atoms with Crippen molar-refractivity contribution in [1.29, 1.82) is 0 Å². The molecule has 0 rings (SSSR count). The van der Waals surface area contributed by atoms with Gasteiger partial charge in [0.15, 0.2) is 0 Å². The number of rotatable bonds is 2. The van der Waals surface area contributed by atoms with Gasteiger partial charge in [-0.1, -0.05) is 45.9 Å². The molecule has 0 aromatic rings. The largest absolute Gasteiger partial charge is 0.409 e. The summed E-state index contributed by atoms with van der Waals surface area (Å²) in [6, 6.07) is 0. The second-order valence-corrected chi connectivity index (χ2v) is 22.4. The Morgan fingerprint density at radius 2 is 1.62 bits per heavy atom. The van der Waals surface area contributed by atoms with Crippen molar-refractivity contribution in [3.8, 4) is 0 Å². The summed E-state index contributed by atoms with van der Waals surface area (Å²) in [5.74, 6) is 0. The predicted molar refractivity (Wildman–Crippen MR) is 48.8 cm³/mol. The monoisotopic (exact) mass is 324 g/mol. The molecule has 0 aliphatic rings. The van der Waals surface area contributed by atoms with Crippen molar-refractivity contribution >= 4 is 50.1 Å². The van der Waals surface area contributed by atoms with E-state index >= 15 is 0 Å². The molecule has 0 heterocycles.